The molecule has 1 aromatic rings. The Bertz CT molecular complexity index is 394. The Labute approximate surface area is 123 Å². The molecule has 0 saturated carbocycles. The van der Waals surface area contributed by atoms with Crippen LogP contribution in [0.25, 0.3) is 0 Å². The van der Waals surface area contributed by atoms with Gasteiger partial charge in [0.05, 0.1) is 7.11 Å². The number of nitrogens with zero attached hydrogens (tertiary/aromatic N) is 1. The quantitative estimate of drug-likeness (QED) is 0.739. The Balaban J connectivity index is 1.72. The van der Waals surface area contributed by atoms with E-state index in [-0.39, 0.29) is 0 Å². The lowest BCUT2D eigenvalue weighted by molar-refractivity contribution is 0.323. The Morgan fingerprint density at radius 3 is 3.00 bits per heavy atom. The predicted octanol–water partition coefficient (Wildman–Crippen LogP) is 2.56. The van der Waals surface area contributed by atoms with Gasteiger partial charge in [0.2, 0.25) is 0 Å². The minimum absolute atomic E-state index is 0.833. The molecule has 0 spiro atoms. The van der Waals surface area contributed by atoms with Gasteiger partial charge in [-0.3, -0.25) is 0 Å². The van der Waals surface area contributed by atoms with Crippen LogP contribution in [0.15, 0.2) is 24.3 Å². The Kier molecular flexibility index (Phi) is 6.34. The summed E-state index contributed by atoms with van der Waals surface area (Å²) in [5.74, 6) is 1.85. The maximum atomic E-state index is 5.42. The summed E-state index contributed by atoms with van der Waals surface area (Å²) in [6.07, 6.45) is 3.64. The number of benzene rings is 1. The molecular weight excluding hydrogens is 248 g/mol. The second-order valence-corrected chi connectivity index (χ2v) is 5.72. The van der Waals surface area contributed by atoms with Crippen LogP contribution in [0.2, 0.25) is 0 Å². The molecule has 0 amide bonds. The highest BCUT2D eigenvalue weighted by molar-refractivity contribution is 5.33. The van der Waals surface area contributed by atoms with Gasteiger partial charge in [0, 0.05) is 13.1 Å². The van der Waals surface area contributed by atoms with Crippen LogP contribution in [0.3, 0.4) is 0 Å². The molecular formula is C17H28N2O. The van der Waals surface area contributed by atoms with Crippen LogP contribution in [-0.4, -0.2) is 44.7 Å². The van der Waals surface area contributed by atoms with E-state index in [0.717, 1.165) is 31.2 Å². The van der Waals surface area contributed by atoms with Crippen molar-refractivity contribution in [1.82, 2.24) is 10.2 Å². The van der Waals surface area contributed by atoms with Crippen LogP contribution >= 0.6 is 0 Å². The summed E-state index contributed by atoms with van der Waals surface area (Å²) in [5.41, 5.74) is 1.32. The lowest BCUT2D eigenvalue weighted by atomic mass is 10.1. The van der Waals surface area contributed by atoms with Gasteiger partial charge in [-0.15, -0.1) is 0 Å². The number of nitrogens with one attached hydrogen (secondary N) is 1. The first-order valence-corrected chi connectivity index (χ1v) is 7.88. The molecule has 1 aliphatic heterocycles. The summed E-state index contributed by atoms with van der Waals surface area (Å²) < 4.78 is 5.42. The number of hydrogen-bond acceptors (Lipinski definition) is 3. The second kappa shape index (κ2) is 8.28. The molecule has 20 heavy (non-hydrogen) atoms. The van der Waals surface area contributed by atoms with Gasteiger partial charge in [-0.05, 0) is 56.4 Å². The van der Waals surface area contributed by atoms with Gasteiger partial charge in [-0.25, -0.2) is 0 Å². The van der Waals surface area contributed by atoms with Gasteiger partial charge in [0.15, 0.2) is 0 Å². The van der Waals surface area contributed by atoms with Crippen molar-refractivity contribution in [3.63, 3.8) is 0 Å². The fourth-order valence-electron chi connectivity index (χ4n) is 2.95. The van der Waals surface area contributed by atoms with Crippen LogP contribution in [0.5, 0.6) is 5.75 Å². The Morgan fingerprint density at radius 2 is 2.20 bits per heavy atom. The molecule has 1 N–H and O–H groups in total. The van der Waals surface area contributed by atoms with Crippen molar-refractivity contribution < 1.29 is 4.74 Å². The van der Waals surface area contributed by atoms with Gasteiger partial charge >= 0.3 is 0 Å². The molecule has 1 fully saturated rings. The Morgan fingerprint density at radius 1 is 1.35 bits per heavy atom. The highest BCUT2D eigenvalue weighted by Crippen LogP contribution is 2.20. The minimum Gasteiger partial charge on any atom is -0.496 e. The first-order valence-electron chi connectivity index (χ1n) is 7.88. The normalized spacial score (nSPS) is 19.4. The molecule has 0 aromatic heterocycles. The van der Waals surface area contributed by atoms with Gasteiger partial charge in [0.1, 0.15) is 5.75 Å². The van der Waals surface area contributed by atoms with E-state index in [1.54, 1.807) is 7.11 Å². The number of rotatable bonds is 8. The number of ether oxygens (including phenoxy) is 1. The van der Waals surface area contributed by atoms with E-state index >= 15 is 0 Å². The zero-order valence-electron chi connectivity index (χ0n) is 12.9. The standard InChI is InChI=1S/C17H28N2O/c1-3-10-18-13-15-8-11-19(14-15)12-9-16-6-4-5-7-17(16)20-2/h4-7,15,18H,3,8-14H2,1-2H3. The largest absolute Gasteiger partial charge is 0.496 e. The van der Waals surface area contributed by atoms with Gasteiger partial charge in [0.25, 0.3) is 0 Å². The zero-order chi connectivity index (χ0) is 14.2. The average molecular weight is 276 g/mol. The second-order valence-electron chi connectivity index (χ2n) is 5.72. The number of hydrogen-bond donors (Lipinski definition) is 1. The van der Waals surface area contributed by atoms with Gasteiger partial charge in [-0.1, -0.05) is 25.1 Å². The predicted molar refractivity (Wildman–Crippen MR) is 84.4 cm³/mol. The van der Waals surface area contributed by atoms with Crippen LogP contribution in [0, 0.1) is 5.92 Å². The summed E-state index contributed by atoms with van der Waals surface area (Å²) >= 11 is 0. The topological polar surface area (TPSA) is 24.5 Å². The van der Waals surface area contributed by atoms with E-state index in [2.05, 4.69) is 35.3 Å². The van der Waals surface area contributed by atoms with E-state index in [1.165, 1.54) is 38.0 Å². The first kappa shape index (κ1) is 15.3. The highest BCUT2D eigenvalue weighted by Gasteiger charge is 2.21. The summed E-state index contributed by atoms with van der Waals surface area (Å²) in [6.45, 7) is 8.18. The SMILES string of the molecule is CCCNCC1CCN(CCc2ccccc2OC)C1. The van der Waals surface area contributed by atoms with Crippen LogP contribution in [0.4, 0.5) is 0 Å². The maximum absolute atomic E-state index is 5.42. The zero-order valence-corrected chi connectivity index (χ0v) is 12.9. The molecule has 2 rings (SSSR count). The summed E-state index contributed by atoms with van der Waals surface area (Å²) in [4.78, 5) is 2.59. The third kappa shape index (κ3) is 4.50. The van der Waals surface area contributed by atoms with Crippen LogP contribution in [0.1, 0.15) is 25.3 Å². The fourth-order valence-corrected chi connectivity index (χ4v) is 2.95. The third-order valence-electron chi connectivity index (χ3n) is 4.12. The van der Waals surface area contributed by atoms with Crippen molar-refractivity contribution in [3.8, 4) is 5.75 Å². The molecule has 1 heterocycles. The summed E-state index contributed by atoms with van der Waals surface area (Å²) in [7, 11) is 1.75. The van der Waals surface area contributed by atoms with E-state index < -0.39 is 0 Å². The summed E-state index contributed by atoms with van der Waals surface area (Å²) in [5, 5.41) is 3.54. The monoisotopic (exact) mass is 276 g/mol. The fraction of sp³-hybridized carbons (Fsp3) is 0.647. The molecule has 1 aromatic carbocycles. The van der Waals surface area contributed by atoms with E-state index in [9.17, 15) is 0 Å². The van der Waals surface area contributed by atoms with Crippen LogP contribution in [-0.2, 0) is 6.42 Å². The lowest BCUT2D eigenvalue weighted by Gasteiger charge is -2.17. The molecule has 0 aliphatic carbocycles. The molecule has 0 bridgehead atoms. The van der Waals surface area contributed by atoms with E-state index in [1.807, 2.05) is 6.07 Å². The van der Waals surface area contributed by atoms with E-state index in [0.29, 0.717) is 0 Å². The number of para-hydroxylation sites is 1. The molecule has 3 nitrogen and oxygen atoms in total. The van der Waals surface area contributed by atoms with Crippen LogP contribution < -0.4 is 10.1 Å². The molecule has 1 unspecified atom stereocenters. The molecule has 0 radical (unpaired) electrons. The van der Waals surface area contributed by atoms with Crippen molar-refractivity contribution in [2.75, 3.05) is 39.8 Å². The number of methoxy groups -OCH3 is 1. The first-order chi connectivity index (χ1) is 9.83. The molecule has 1 atom stereocenters. The molecule has 3 heteroatoms. The Hall–Kier alpha value is -1.06. The smallest absolute Gasteiger partial charge is 0.122 e. The average Bonchev–Trinajstić information content (AvgIpc) is 2.93. The minimum atomic E-state index is 0.833. The van der Waals surface area contributed by atoms with Crippen molar-refractivity contribution in [3.05, 3.63) is 29.8 Å². The molecule has 1 saturated heterocycles. The number of likely N-dealkylation sites (tertiary alicyclic amines) is 1. The van der Waals surface area contributed by atoms with Crippen molar-refractivity contribution in [2.45, 2.75) is 26.2 Å². The van der Waals surface area contributed by atoms with Crippen molar-refractivity contribution in [2.24, 2.45) is 5.92 Å². The third-order valence-corrected chi connectivity index (χ3v) is 4.12. The van der Waals surface area contributed by atoms with E-state index in [4.69, 9.17) is 4.74 Å². The van der Waals surface area contributed by atoms with Gasteiger partial charge < -0.3 is 15.0 Å². The van der Waals surface area contributed by atoms with Gasteiger partial charge in [-0.2, -0.15) is 0 Å². The maximum Gasteiger partial charge on any atom is 0.122 e. The van der Waals surface area contributed by atoms with Crippen molar-refractivity contribution in [1.29, 1.82) is 0 Å². The highest BCUT2D eigenvalue weighted by atomic mass is 16.5. The molecule has 1 aliphatic rings. The lowest BCUT2D eigenvalue weighted by Crippen LogP contribution is -2.28. The summed E-state index contributed by atoms with van der Waals surface area (Å²) in [6, 6.07) is 8.36. The molecule has 112 valence electrons. The van der Waals surface area contributed by atoms with Crippen molar-refractivity contribution >= 4 is 0 Å².